The Bertz CT molecular complexity index is 426. The van der Waals surface area contributed by atoms with E-state index < -0.39 is 11.9 Å². The standard InChI is InChI=1S/C11H11NO4/c1-2-16-10(13)4-3-8-5-9(11(14)15)7-12-6-8/h3-7H,2H2,1H3,(H,14,15). The number of aromatic carboxylic acids is 1. The fraction of sp³-hybridized carbons (Fsp3) is 0.182. The summed E-state index contributed by atoms with van der Waals surface area (Å²) in [6.07, 6.45) is 5.38. The number of pyridine rings is 1. The molecule has 0 amide bonds. The summed E-state index contributed by atoms with van der Waals surface area (Å²) in [7, 11) is 0. The smallest absolute Gasteiger partial charge is 0.337 e. The first-order chi connectivity index (χ1) is 7.63. The van der Waals surface area contributed by atoms with Gasteiger partial charge in [-0.05, 0) is 24.6 Å². The van der Waals surface area contributed by atoms with E-state index >= 15 is 0 Å². The van der Waals surface area contributed by atoms with Gasteiger partial charge in [-0.1, -0.05) is 0 Å². The minimum Gasteiger partial charge on any atom is -0.478 e. The minimum absolute atomic E-state index is 0.0750. The summed E-state index contributed by atoms with van der Waals surface area (Å²) in [6.45, 7) is 2.01. The Hall–Kier alpha value is -2.17. The van der Waals surface area contributed by atoms with Crippen LogP contribution in [-0.4, -0.2) is 28.6 Å². The van der Waals surface area contributed by atoms with Gasteiger partial charge in [-0.15, -0.1) is 0 Å². The first-order valence-corrected chi connectivity index (χ1v) is 4.66. The average Bonchev–Trinajstić information content (AvgIpc) is 2.27. The molecular weight excluding hydrogens is 210 g/mol. The van der Waals surface area contributed by atoms with Crippen LogP contribution < -0.4 is 0 Å². The van der Waals surface area contributed by atoms with Gasteiger partial charge in [0.1, 0.15) is 0 Å². The van der Waals surface area contributed by atoms with Crippen LogP contribution in [0.2, 0.25) is 0 Å². The topological polar surface area (TPSA) is 76.5 Å². The zero-order valence-electron chi connectivity index (χ0n) is 8.71. The molecule has 1 aromatic heterocycles. The predicted molar refractivity (Wildman–Crippen MR) is 56.9 cm³/mol. The second-order valence-corrected chi connectivity index (χ2v) is 2.90. The van der Waals surface area contributed by atoms with Crippen LogP contribution in [0.4, 0.5) is 0 Å². The fourth-order valence-corrected chi connectivity index (χ4v) is 1.02. The molecule has 0 radical (unpaired) electrons. The summed E-state index contributed by atoms with van der Waals surface area (Å²) in [4.78, 5) is 25.4. The van der Waals surface area contributed by atoms with E-state index in [0.29, 0.717) is 12.2 Å². The maximum atomic E-state index is 11.0. The van der Waals surface area contributed by atoms with Crippen molar-refractivity contribution >= 4 is 18.0 Å². The Morgan fingerprint density at radius 1 is 1.50 bits per heavy atom. The first kappa shape index (κ1) is 11.9. The zero-order valence-corrected chi connectivity index (χ0v) is 8.71. The van der Waals surface area contributed by atoms with Crippen LogP contribution >= 0.6 is 0 Å². The van der Waals surface area contributed by atoms with Crippen LogP contribution in [0.25, 0.3) is 6.08 Å². The van der Waals surface area contributed by atoms with Crippen molar-refractivity contribution < 1.29 is 19.4 Å². The summed E-state index contributed by atoms with van der Waals surface area (Å²) >= 11 is 0. The van der Waals surface area contributed by atoms with E-state index in [2.05, 4.69) is 9.72 Å². The number of esters is 1. The van der Waals surface area contributed by atoms with E-state index in [1.807, 2.05) is 0 Å². The van der Waals surface area contributed by atoms with E-state index in [9.17, 15) is 9.59 Å². The predicted octanol–water partition coefficient (Wildman–Crippen LogP) is 1.36. The third-order valence-electron chi connectivity index (χ3n) is 1.70. The Morgan fingerprint density at radius 3 is 2.88 bits per heavy atom. The largest absolute Gasteiger partial charge is 0.478 e. The minimum atomic E-state index is -1.06. The second kappa shape index (κ2) is 5.65. The molecule has 84 valence electrons. The summed E-state index contributed by atoms with van der Waals surface area (Å²) in [5, 5.41) is 8.72. The molecule has 0 aliphatic heterocycles. The highest BCUT2D eigenvalue weighted by molar-refractivity contribution is 5.89. The van der Waals surface area contributed by atoms with Crippen molar-refractivity contribution in [3.63, 3.8) is 0 Å². The van der Waals surface area contributed by atoms with Gasteiger partial charge in [0.15, 0.2) is 0 Å². The molecule has 0 aliphatic rings. The lowest BCUT2D eigenvalue weighted by atomic mass is 10.2. The highest BCUT2D eigenvalue weighted by Crippen LogP contribution is 2.04. The summed E-state index contributed by atoms with van der Waals surface area (Å²) in [6, 6.07) is 1.42. The van der Waals surface area contributed by atoms with Crippen molar-refractivity contribution in [2.45, 2.75) is 6.92 Å². The molecule has 0 bridgehead atoms. The molecule has 0 spiro atoms. The number of hydrogen-bond acceptors (Lipinski definition) is 4. The number of aromatic nitrogens is 1. The molecular formula is C11H11NO4. The van der Waals surface area contributed by atoms with Crippen LogP contribution in [0.3, 0.4) is 0 Å². The molecule has 1 heterocycles. The maximum Gasteiger partial charge on any atom is 0.337 e. The molecule has 0 saturated heterocycles. The Morgan fingerprint density at radius 2 is 2.25 bits per heavy atom. The Labute approximate surface area is 92.4 Å². The summed E-state index contributed by atoms with van der Waals surface area (Å²) in [5.41, 5.74) is 0.610. The van der Waals surface area contributed by atoms with Gasteiger partial charge in [0.25, 0.3) is 0 Å². The summed E-state index contributed by atoms with van der Waals surface area (Å²) in [5.74, 6) is -1.53. The normalized spacial score (nSPS) is 10.3. The van der Waals surface area contributed by atoms with Crippen LogP contribution in [0, 0.1) is 0 Å². The average molecular weight is 221 g/mol. The Balaban J connectivity index is 2.77. The van der Waals surface area contributed by atoms with Gasteiger partial charge < -0.3 is 9.84 Å². The van der Waals surface area contributed by atoms with E-state index in [0.717, 1.165) is 0 Å². The van der Waals surface area contributed by atoms with Gasteiger partial charge in [-0.2, -0.15) is 0 Å². The van der Waals surface area contributed by atoms with Crippen LogP contribution in [0.15, 0.2) is 24.5 Å². The molecule has 16 heavy (non-hydrogen) atoms. The third-order valence-corrected chi connectivity index (χ3v) is 1.70. The van der Waals surface area contributed by atoms with Gasteiger partial charge in [0, 0.05) is 18.5 Å². The van der Waals surface area contributed by atoms with Crippen molar-refractivity contribution in [3.05, 3.63) is 35.7 Å². The first-order valence-electron chi connectivity index (χ1n) is 4.66. The molecule has 0 aromatic carbocycles. The Kier molecular flexibility index (Phi) is 4.20. The maximum absolute atomic E-state index is 11.0. The number of carbonyl (C=O) groups excluding carboxylic acids is 1. The lowest BCUT2D eigenvalue weighted by Gasteiger charge is -1.96. The SMILES string of the molecule is CCOC(=O)C=Cc1cncc(C(=O)O)c1. The van der Waals surface area contributed by atoms with Gasteiger partial charge >= 0.3 is 11.9 Å². The molecule has 0 unspecified atom stereocenters. The van der Waals surface area contributed by atoms with Gasteiger partial charge in [-0.25, -0.2) is 9.59 Å². The van der Waals surface area contributed by atoms with E-state index in [4.69, 9.17) is 5.11 Å². The third kappa shape index (κ3) is 3.53. The van der Waals surface area contributed by atoms with Crippen LogP contribution in [0.5, 0.6) is 0 Å². The molecule has 5 heteroatoms. The van der Waals surface area contributed by atoms with Crippen LogP contribution in [0.1, 0.15) is 22.8 Å². The molecule has 0 aliphatic carbocycles. The molecule has 0 saturated carbocycles. The number of nitrogens with zero attached hydrogens (tertiary/aromatic N) is 1. The molecule has 0 fully saturated rings. The lowest BCUT2D eigenvalue weighted by molar-refractivity contribution is -0.137. The van der Waals surface area contributed by atoms with E-state index in [-0.39, 0.29) is 5.56 Å². The van der Waals surface area contributed by atoms with Crippen molar-refractivity contribution in [1.29, 1.82) is 0 Å². The lowest BCUT2D eigenvalue weighted by Crippen LogP contribution is -1.99. The molecule has 1 N–H and O–H groups in total. The number of carbonyl (C=O) groups is 2. The van der Waals surface area contributed by atoms with Crippen molar-refractivity contribution in [3.8, 4) is 0 Å². The van der Waals surface area contributed by atoms with Gasteiger partial charge in [-0.3, -0.25) is 4.98 Å². The van der Waals surface area contributed by atoms with Gasteiger partial charge in [0.2, 0.25) is 0 Å². The van der Waals surface area contributed by atoms with E-state index in [1.165, 1.54) is 30.6 Å². The summed E-state index contributed by atoms with van der Waals surface area (Å²) < 4.78 is 4.68. The molecule has 0 atom stereocenters. The highest BCUT2D eigenvalue weighted by Gasteiger charge is 2.02. The van der Waals surface area contributed by atoms with Crippen molar-refractivity contribution in [2.24, 2.45) is 0 Å². The quantitative estimate of drug-likeness (QED) is 0.613. The number of hydrogen-bond donors (Lipinski definition) is 1. The molecule has 5 nitrogen and oxygen atoms in total. The number of rotatable bonds is 4. The monoisotopic (exact) mass is 221 g/mol. The van der Waals surface area contributed by atoms with Crippen molar-refractivity contribution in [2.75, 3.05) is 6.61 Å². The molecule has 1 aromatic rings. The highest BCUT2D eigenvalue weighted by atomic mass is 16.5. The van der Waals surface area contributed by atoms with Gasteiger partial charge in [0.05, 0.1) is 12.2 Å². The second-order valence-electron chi connectivity index (χ2n) is 2.90. The fourth-order valence-electron chi connectivity index (χ4n) is 1.02. The number of ether oxygens (including phenoxy) is 1. The van der Waals surface area contributed by atoms with Crippen molar-refractivity contribution in [1.82, 2.24) is 4.98 Å². The zero-order chi connectivity index (χ0) is 12.0. The number of carboxylic acids is 1. The number of carboxylic acid groups (broad SMARTS) is 1. The van der Waals surface area contributed by atoms with Crippen LogP contribution in [-0.2, 0) is 9.53 Å². The molecule has 1 rings (SSSR count). The van der Waals surface area contributed by atoms with E-state index in [1.54, 1.807) is 6.92 Å².